The Kier molecular flexibility index (Phi) is 4.19. The highest BCUT2D eigenvalue weighted by molar-refractivity contribution is 7.13. The van der Waals surface area contributed by atoms with Crippen LogP contribution in [0.3, 0.4) is 0 Å². The first kappa shape index (κ1) is 15.8. The number of carbonyl (C=O) groups is 2. The van der Waals surface area contributed by atoms with Gasteiger partial charge in [-0.1, -0.05) is 12.1 Å². The third-order valence-corrected chi connectivity index (χ3v) is 5.02. The SMILES string of the molecule is O=C(OCc1ncc(-c2cccs2)o1)c1ccc2c(c1)CCCC2=O. The van der Waals surface area contributed by atoms with Gasteiger partial charge in [0.2, 0.25) is 5.89 Å². The molecule has 0 fully saturated rings. The average Bonchev–Trinajstić information content (AvgIpc) is 3.31. The fourth-order valence-corrected chi connectivity index (χ4v) is 3.57. The molecule has 2 aromatic heterocycles. The van der Waals surface area contributed by atoms with Crippen molar-refractivity contribution in [1.29, 1.82) is 0 Å². The molecule has 6 heteroatoms. The summed E-state index contributed by atoms with van der Waals surface area (Å²) in [5.41, 5.74) is 2.08. The molecule has 0 bridgehead atoms. The van der Waals surface area contributed by atoms with Gasteiger partial charge >= 0.3 is 5.97 Å². The molecule has 3 aromatic rings. The Morgan fingerprint density at radius 2 is 2.20 bits per heavy atom. The van der Waals surface area contributed by atoms with E-state index in [1.165, 1.54) is 0 Å². The average molecular weight is 353 g/mol. The van der Waals surface area contributed by atoms with Crippen molar-refractivity contribution in [3.8, 4) is 10.6 Å². The number of thiophene rings is 1. The summed E-state index contributed by atoms with van der Waals surface area (Å²) in [4.78, 5) is 29.2. The van der Waals surface area contributed by atoms with Gasteiger partial charge in [-0.25, -0.2) is 9.78 Å². The van der Waals surface area contributed by atoms with E-state index in [9.17, 15) is 9.59 Å². The number of aromatic nitrogens is 1. The third-order valence-electron chi connectivity index (χ3n) is 4.14. The molecule has 2 heterocycles. The Labute approximate surface area is 148 Å². The van der Waals surface area contributed by atoms with E-state index >= 15 is 0 Å². The zero-order valence-electron chi connectivity index (χ0n) is 13.4. The van der Waals surface area contributed by atoms with Crippen LogP contribution in [0.1, 0.15) is 45.0 Å². The maximum Gasteiger partial charge on any atom is 0.338 e. The van der Waals surface area contributed by atoms with Crippen molar-refractivity contribution in [2.75, 3.05) is 0 Å². The number of Topliss-reactive ketones (excluding diaryl/α,β-unsaturated/α-hetero) is 1. The molecule has 4 rings (SSSR count). The fraction of sp³-hybridized carbons (Fsp3) is 0.211. The van der Waals surface area contributed by atoms with Crippen molar-refractivity contribution in [3.05, 3.63) is 64.5 Å². The first-order chi connectivity index (χ1) is 12.2. The highest BCUT2D eigenvalue weighted by Gasteiger charge is 2.19. The van der Waals surface area contributed by atoms with Crippen molar-refractivity contribution in [2.45, 2.75) is 25.9 Å². The van der Waals surface area contributed by atoms with E-state index in [0.29, 0.717) is 23.6 Å². The maximum absolute atomic E-state index is 12.2. The minimum absolute atomic E-state index is 0.0276. The first-order valence-corrected chi connectivity index (χ1v) is 8.90. The topological polar surface area (TPSA) is 69.4 Å². The van der Waals surface area contributed by atoms with Gasteiger partial charge < -0.3 is 9.15 Å². The molecule has 1 aliphatic rings. The van der Waals surface area contributed by atoms with Gasteiger partial charge in [-0.3, -0.25) is 4.79 Å². The number of ether oxygens (including phenoxy) is 1. The van der Waals surface area contributed by atoms with Crippen LogP contribution in [0.5, 0.6) is 0 Å². The lowest BCUT2D eigenvalue weighted by atomic mass is 9.89. The van der Waals surface area contributed by atoms with E-state index in [-0.39, 0.29) is 12.4 Å². The van der Waals surface area contributed by atoms with Crippen LogP contribution < -0.4 is 0 Å². The number of benzene rings is 1. The van der Waals surface area contributed by atoms with Gasteiger partial charge in [-0.15, -0.1) is 11.3 Å². The van der Waals surface area contributed by atoms with Gasteiger partial charge in [0, 0.05) is 12.0 Å². The molecular weight excluding hydrogens is 338 g/mol. The Bertz CT molecular complexity index is 927. The van der Waals surface area contributed by atoms with E-state index in [4.69, 9.17) is 9.15 Å². The monoisotopic (exact) mass is 353 g/mol. The van der Waals surface area contributed by atoms with Crippen LogP contribution in [-0.4, -0.2) is 16.7 Å². The summed E-state index contributed by atoms with van der Waals surface area (Å²) in [5, 5.41) is 1.96. The molecule has 0 saturated carbocycles. The summed E-state index contributed by atoms with van der Waals surface area (Å²) in [6.07, 6.45) is 3.84. The Hall–Kier alpha value is -2.73. The van der Waals surface area contributed by atoms with Gasteiger partial charge in [0.05, 0.1) is 16.6 Å². The number of ketones is 1. The number of aryl methyl sites for hydroxylation is 1. The molecule has 0 atom stereocenters. The number of nitrogens with zero attached hydrogens (tertiary/aromatic N) is 1. The lowest BCUT2D eigenvalue weighted by Gasteiger charge is -2.15. The smallest absolute Gasteiger partial charge is 0.338 e. The molecule has 0 spiro atoms. The number of hydrogen-bond donors (Lipinski definition) is 0. The normalized spacial score (nSPS) is 13.5. The van der Waals surface area contributed by atoms with Crippen molar-refractivity contribution in [1.82, 2.24) is 4.98 Å². The van der Waals surface area contributed by atoms with Gasteiger partial charge in [-0.05, 0) is 42.0 Å². The van der Waals surface area contributed by atoms with E-state index < -0.39 is 5.97 Å². The predicted molar refractivity (Wildman–Crippen MR) is 92.6 cm³/mol. The highest BCUT2D eigenvalue weighted by atomic mass is 32.1. The van der Waals surface area contributed by atoms with Gasteiger partial charge in [0.15, 0.2) is 18.2 Å². The molecule has 0 radical (unpaired) electrons. The molecule has 5 nitrogen and oxygen atoms in total. The second-order valence-electron chi connectivity index (χ2n) is 5.82. The lowest BCUT2D eigenvalue weighted by Crippen LogP contribution is -2.13. The molecule has 0 saturated heterocycles. The van der Waals surface area contributed by atoms with Crippen molar-refractivity contribution < 1.29 is 18.7 Å². The summed E-state index contributed by atoms with van der Waals surface area (Å²) in [7, 11) is 0. The van der Waals surface area contributed by atoms with Gasteiger partial charge in [-0.2, -0.15) is 0 Å². The van der Waals surface area contributed by atoms with E-state index in [1.54, 1.807) is 35.7 Å². The molecule has 25 heavy (non-hydrogen) atoms. The molecule has 1 aromatic carbocycles. The number of oxazole rings is 1. The second kappa shape index (κ2) is 6.64. The summed E-state index contributed by atoms with van der Waals surface area (Å²) < 4.78 is 10.9. The number of rotatable bonds is 4. The zero-order chi connectivity index (χ0) is 17.2. The summed E-state index contributed by atoms with van der Waals surface area (Å²) in [6.45, 7) is -0.0276. The van der Waals surface area contributed by atoms with Crippen LogP contribution >= 0.6 is 11.3 Å². The van der Waals surface area contributed by atoms with E-state index in [0.717, 1.165) is 28.8 Å². The quantitative estimate of drug-likeness (QED) is 0.655. The molecular formula is C19H15NO4S. The van der Waals surface area contributed by atoms with Gasteiger partial charge in [0.1, 0.15) is 0 Å². The maximum atomic E-state index is 12.2. The Balaban J connectivity index is 1.43. The third kappa shape index (κ3) is 3.25. The largest absolute Gasteiger partial charge is 0.452 e. The van der Waals surface area contributed by atoms with Crippen molar-refractivity contribution in [2.24, 2.45) is 0 Å². The zero-order valence-corrected chi connectivity index (χ0v) is 14.2. The van der Waals surface area contributed by atoms with Crippen LogP contribution in [0.4, 0.5) is 0 Å². The van der Waals surface area contributed by atoms with E-state index in [2.05, 4.69) is 4.98 Å². The number of esters is 1. The van der Waals surface area contributed by atoms with E-state index in [1.807, 2.05) is 17.5 Å². The number of fused-ring (bicyclic) bond motifs is 1. The molecule has 0 unspecified atom stereocenters. The second-order valence-corrected chi connectivity index (χ2v) is 6.77. The van der Waals surface area contributed by atoms with Crippen LogP contribution in [0.2, 0.25) is 0 Å². The minimum atomic E-state index is -0.448. The number of carbonyl (C=O) groups excluding carboxylic acids is 2. The fourth-order valence-electron chi connectivity index (χ4n) is 2.89. The van der Waals surface area contributed by atoms with Gasteiger partial charge in [0.25, 0.3) is 0 Å². The molecule has 0 amide bonds. The Morgan fingerprint density at radius 3 is 3.04 bits per heavy atom. The lowest BCUT2D eigenvalue weighted by molar-refractivity contribution is 0.0438. The van der Waals surface area contributed by atoms with Crippen molar-refractivity contribution in [3.63, 3.8) is 0 Å². The molecule has 126 valence electrons. The molecule has 0 N–H and O–H groups in total. The summed E-state index contributed by atoms with van der Waals surface area (Å²) >= 11 is 1.55. The van der Waals surface area contributed by atoms with Crippen LogP contribution in [-0.2, 0) is 17.8 Å². The molecule has 1 aliphatic carbocycles. The standard InChI is InChI=1S/C19H15NO4S/c21-15-4-1-3-12-9-13(6-7-14(12)15)19(22)23-11-18-20-10-16(24-18)17-5-2-8-25-17/h2,5-10H,1,3-4,11H2. The summed E-state index contributed by atoms with van der Waals surface area (Å²) in [5.74, 6) is 0.706. The van der Waals surface area contributed by atoms with Crippen LogP contribution in [0.25, 0.3) is 10.6 Å². The van der Waals surface area contributed by atoms with Crippen molar-refractivity contribution >= 4 is 23.1 Å². The Morgan fingerprint density at radius 1 is 1.28 bits per heavy atom. The number of hydrogen-bond acceptors (Lipinski definition) is 6. The predicted octanol–water partition coefficient (Wildman–Crippen LogP) is 4.28. The minimum Gasteiger partial charge on any atom is -0.452 e. The molecule has 0 aliphatic heterocycles. The highest BCUT2D eigenvalue weighted by Crippen LogP contribution is 2.26. The van der Waals surface area contributed by atoms with Crippen LogP contribution in [0.15, 0.2) is 46.3 Å². The summed E-state index contributed by atoms with van der Waals surface area (Å²) in [6, 6.07) is 8.98. The first-order valence-electron chi connectivity index (χ1n) is 8.02. The van der Waals surface area contributed by atoms with Crippen LogP contribution in [0, 0.1) is 0 Å².